The fourth-order valence-electron chi connectivity index (χ4n) is 6.11. The van der Waals surface area contributed by atoms with Crippen molar-refractivity contribution < 1.29 is 13.2 Å². The van der Waals surface area contributed by atoms with Crippen LogP contribution in [0.1, 0.15) is 51.9 Å². The van der Waals surface area contributed by atoms with E-state index < -0.39 is 9.84 Å². The third-order valence-corrected chi connectivity index (χ3v) is 11.0. The van der Waals surface area contributed by atoms with Gasteiger partial charge in [-0.25, -0.2) is 13.4 Å². The van der Waals surface area contributed by atoms with E-state index in [1.807, 2.05) is 41.1 Å². The zero-order valence-electron chi connectivity index (χ0n) is 19.5. The molecule has 3 fully saturated rings. The highest BCUT2D eigenvalue weighted by molar-refractivity contribution is 7.92. The fourth-order valence-corrected chi connectivity index (χ4v) is 7.87. The van der Waals surface area contributed by atoms with Crippen LogP contribution in [0.4, 0.5) is 0 Å². The highest BCUT2D eigenvalue weighted by Crippen LogP contribution is 2.56. The maximum atomic E-state index is 13.4. The molecule has 3 aliphatic rings. The molecule has 3 aromatic rings. The van der Waals surface area contributed by atoms with Gasteiger partial charge in [-0.15, -0.1) is 0 Å². The first-order valence-corrected chi connectivity index (χ1v) is 13.9. The molecule has 1 aromatic carbocycles. The number of piperidine rings is 1. The van der Waals surface area contributed by atoms with Crippen molar-refractivity contribution in [2.75, 3.05) is 6.54 Å². The van der Waals surface area contributed by atoms with Crippen molar-refractivity contribution in [3.05, 3.63) is 55.0 Å². The molecule has 1 unspecified atom stereocenters. The van der Waals surface area contributed by atoms with Crippen molar-refractivity contribution in [3.8, 4) is 11.1 Å². The first kappa shape index (κ1) is 22.0. The number of Topliss-reactive ketones (excluding diaryl/α,β-unsaturated/α-hetero) is 1. The quantitative estimate of drug-likeness (QED) is 0.601. The van der Waals surface area contributed by atoms with Crippen molar-refractivity contribution in [2.45, 2.75) is 67.6 Å². The number of nitrogens with one attached hydrogen (secondary N) is 1. The molecule has 7 heteroatoms. The van der Waals surface area contributed by atoms with E-state index in [2.05, 4.69) is 17.2 Å². The van der Waals surface area contributed by atoms with Crippen LogP contribution in [0.25, 0.3) is 16.8 Å². The lowest BCUT2D eigenvalue weighted by molar-refractivity contribution is -0.128. The number of pyridine rings is 1. The van der Waals surface area contributed by atoms with Crippen molar-refractivity contribution in [2.24, 2.45) is 11.3 Å². The van der Waals surface area contributed by atoms with Crippen LogP contribution in [0.5, 0.6) is 0 Å². The van der Waals surface area contributed by atoms with E-state index in [4.69, 9.17) is 0 Å². The maximum Gasteiger partial charge on any atom is 0.181 e. The molecule has 0 bridgehead atoms. The largest absolute Gasteiger partial charge is 0.307 e. The number of nitrogens with zero attached hydrogens (tertiary/aromatic N) is 2. The monoisotopic (exact) mass is 477 g/mol. The van der Waals surface area contributed by atoms with Gasteiger partial charge in [-0.1, -0.05) is 19.1 Å². The van der Waals surface area contributed by atoms with Gasteiger partial charge in [0, 0.05) is 30.0 Å². The molecule has 2 saturated carbocycles. The lowest BCUT2D eigenvalue weighted by Crippen LogP contribution is -2.58. The van der Waals surface area contributed by atoms with Gasteiger partial charge in [0.05, 0.1) is 16.7 Å². The second-order valence-corrected chi connectivity index (χ2v) is 13.1. The summed E-state index contributed by atoms with van der Waals surface area (Å²) in [5.74, 6) is 0.475. The van der Waals surface area contributed by atoms with Crippen molar-refractivity contribution in [1.29, 1.82) is 0 Å². The van der Waals surface area contributed by atoms with Gasteiger partial charge < -0.3 is 9.72 Å². The number of hydrogen-bond acceptors (Lipinski definition) is 5. The van der Waals surface area contributed by atoms with Gasteiger partial charge in [0.2, 0.25) is 0 Å². The molecule has 1 atom stereocenters. The van der Waals surface area contributed by atoms with Crippen LogP contribution in [-0.4, -0.2) is 40.9 Å². The minimum Gasteiger partial charge on any atom is -0.307 e. The van der Waals surface area contributed by atoms with E-state index >= 15 is 0 Å². The van der Waals surface area contributed by atoms with Gasteiger partial charge in [0.25, 0.3) is 0 Å². The molecular weight excluding hydrogens is 446 g/mol. The molecule has 34 heavy (non-hydrogen) atoms. The summed E-state index contributed by atoms with van der Waals surface area (Å²) in [5.41, 5.74) is 2.95. The van der Waals surface area contributed by atoms with Gasteiger partial charge in [0.15, 0.2) is 9.84 Å². The second-order valence-electron chi connectivity index (χ2n) is 10.9. The Labute approximate surface area is 200 Å². The predicted octanol–water partition coefficient (Wildman–Crippen LogP) is 4.44. The van der Waals surface area contributed by atoms with Gasteiger partial charge in [-0.2, -0.15) is 0 Å². The van der Waals surface area contributed by atoms with Crippen LogP contribution in [0.3, 0.4) is 0 Å². The van der Waals surface area contributed by atoms with Crippen LogP contribution in [0.15, 0.2) is 59.9 Å². The summed E-state index contributed by atoms with van der Waals surface area (Å²) in [7, 11) is -3.39. The molecule has 3 heterocycles. The standard InChI is InChI=1S/C27H31N3O3S/c1-26(11-12-26)23-17-27(29-18-24(23)31)9-6-22(7-10-27)34(32,33)21-4-2-19(3-5-21)20-8-14-30-15-13-28-25(30)16-20/h2-5,8,13-16,22-23,29H,6-7,9-12,17-18H2,1H3. The summed E-state index contributed by atoms with van der Waals surface area (Å²) in [6, 6.07) is 11.3. The van der Waals surface area contributed by atoms with Gasteiger partial charge in [-0.05, 0) is 85.8 Å². The van der Waals surface area contributed by atoms with E-state index in [1.165, 1.54) is 0 Å². The number of rotatable bonds is 4. The molecule has 1 N–H and O–H groups in total. The number of aromatic nitrogens is 2. The number of sulfone groups is 1. The minimum absolute atomic E-state index is 0.0778. The average molecular weight is 478 g/mol. The Morgan fingerprint density at radius 1 is 1.00 bits per heavy atom. The summed E-state index contributed by atoms with van der Waals surface area (Å²) in [4.78, 5) is 17.3. The Balaban J connectivity index is 1.16. The Morgan fingerprint density at radius 2 is 1.74 bits per heavy atom. The molecule has 178 valence electrons. The van der Waals surface area contributed by atoms with Crippen molar-refractivity contribution in [1.82, 2.24) is 14.7 Å². The van der Waals surface area contributed by atoms with Crippen LogP contribution in [0, 0.1) is 11.3 Å². The molecule has 0 amide bonds. The van der Waals surface area contributed by atoms with Gasteiger partial charge in [0.1, 0.15) is 11.4 Å². The molecule has 6 nitrogen and oxygen atoms in total. The highest BCUT2D eigenvalue weighted by Gasteiger charge is 2.54. The highest BCUT2D eigenvalue weighted by atomic mass is 32.2. The smallest absolute Gasteiger partial charge is 0.181 e. The van der Waals surface area contributed by atoms with Crippen molar-refractivity contribution in [3.63, 3.8) is 0 Å². The third kappa shape index (κ3) is 3.69. The van der Waals surface area contributed by atoms with Gasteiger partial charge >= 0.3 is 0 Å². The van der Waals surface area contributed by atoms with Crippen LogP contribution >= 0.6 is 0 Å². The number of benzene rings is 1. The summed E-state index contributed by atoms with van der Waals surface area (Å²) >= 11 is 0. The Hall–Kier alpha value is -2.51. The summed E-state index contributed by atoms with van der Waals surface area (Å²) in [6.45, 7) is 2.67. The lowest BCUT2D eigenvalue weighted by Gasteiger charge is -2.47. The number of ketones is 1. The minimum atomic E-state index is -3.39. The SMILES string of the molecule is CC1(C2CC3(CCC(S(=O)(=O)c4ccc(-c5ccn6ccnc6c5)cc4)CC3)NCC2=O)CC1. The van der Waals surface area contributed by atoms with Gasteiger partial charge in [-0.3, -0.25) is 4.79 Å². The summed E-state index contributed by atoms with van der Waals surface area (Å²) < 4.78 is 28.8. The maximum absolute atomic E-state index is 13.4. The number of carbonyl (C=O) groups excluding carboxylic acids is 1. The zero-order chi connectivity index (χ0) is 23.6. The molecule has 2 aromatic heterocycles. The molecule has 1 spiro atoms. The van der Waals surface area contributed by atoms with Crippen molar-refractivity contribution >= 4 is 21.3 Å². The zero-order valence-corrected chi connectivity index (χ0v) is 20.4. The van der Waals surface area contributed by atoms with E-state index in [9.17, 15) is 13.2 Å². The molecule has 2 aliphatic carbocycles. The Kier molecular flexibility index (Phi) is 5.01. The third-order valence-electron chi connectivity index (χ3n) is 8.74. The lowest BCUT2D eigenvalue weighted by atomic mass is 9.68. The summed E-state index contributed by atoms with van der Waals surface area (Å²) in [6.07, 6.45) is 11.7. The van der Waals surface area contributed by atoms with Crippen LogP contribution < -0.4 is 5.32 Å². The molecule has 0 radical (unpaired) electrons. The number of fused-ring (bicyclic) bond motifs is 1. The van der Waals surface area contributed by atoms with E-state index in [0.29, 0.717) is 30.1 Å². The molecule has 1 aliphatic heterocycles. The molecular formula is C27H31N3O3S. The number of imidazole rings is 1. The number of carbonyl (C=O) groups is 1. The Bertz CT molecular complexity index is 1350. The van der Waals surface area contributed by atoms with Crippen LogP contribution in [-0.2, 0) is 14.6 Å². The van der Waals surface area contributed by atoms with Crippen LogP contribution in [0.2, 0.25) is 0 Å². The van der Waals surface area contributed by atoms with E-state index in [0.717, 1.165) is 48.9 Å². The predicted molar refractivity (Wildman–Crippen MR) is 131 cm³/mol. The molecule has 6 rings (SSSR count). The van der Waals surface area contributed by atoms with E-state index in [1.54, 1.807) is 18.3 Å². The second kappa shape index (κ2) is 7.75. The summed E-state index contributed by atoms with van der Waals surface area (Å²) in [5, 5.41) is 3.15. The topological polar surface area (TPSA) is 80.5 Å². The fraction of sp³-hybridized carbons (Fsp3) is 0.481. The first-order valence-electron chi connectivity index (χ1n) is 12.3. The Morgan fingerprint density at radius 3 is 2.44 bits per heavy atom. The normalized spacial score (nSPS) is 28.9. The first-order chi connectivity index (χ1) is 16.3. The average Bonchev–Trinajstić information content (AvgIpc) is 3.42. The van der Waals surface area contributed by atoms with E-state index in [-0.39, 0.29) is 22.1 Å². The number of hydrogen-bond donors (Lipinski definition) is 1. The molecule has 1 saturated heterocycles.